The van der Waals surface area contributed by atoms with Crippen LogP contribution in [0.4, 0.5) is 0 Å². The lowest BCUT2D eigenvalue weighted by atomic mass is 10.1. The third kappa shape index (κ3) is 3.35. The zero-order chi connectivity index (χ0) is 18.1. The van der Waals surface area contributed by atoms with Crippen molar-refractivity contribution in [1.82, 2.24) is 29.5 Å². The Balaban J connectivity index is 1.32. The number of nitrogens with zero attached hydrogens (tertiary/aromatic N) is 5. The summed E-state index contributed by atoms with van der Waals surface area (Å²) < 4.78 is 2.06. The second kappa shape index (κ2) is 6.92. The zero-order valence-corrected chi connectivity index (χ0v) is 15.3. The van der Waals surface area contributed by atoms with Gasteiger partial charge < -0.3 is 9.88 Å². The molecular formula is C19H24N6O. The minimum atomic E-state index is 0.0969. The van der Waals surface area contributed by atoms with Gasteiger partial charge in [-0.25, -0.2) is 4.98 Å². The number of hydrogen-bond acceptors (Lipinski definition) is 4. The second-order valence-electron chi connectivity index (χ2n) is 6.92. The minimum absolute atomic E-state index is 0.0969. The largest absolute Gasteiger partial charge is 0.345 e. The van der Waals surface area contributed by atoms with Crippen LogP contribution >= 0.6 is 0 Å². The first-order chi connectivity index (χ1) is 12.6. The van der Waals surface area contributed by atoms with Gasteiger partial charge in [-0.15, -0.1) is 0 Å². The van der Waals surface area contributed by atoms with Crippen LogP contribution in [0.5, 0.6) is 0 Å². The van der Waals surface area contributed by atoms with Crippen molar-refractivity contribution in [2.24, 2.45) is 0 Å². The van der Waals surface area contributed by atoms with Crippen molar-refractivity contribution in [3.63, 3.8) is 0 Å². The van der Waals surface area contributed by atoms with Crippen LogP contribution in [-0.4, -0.2) is 68.2 Å². The molecule has 1 aromatic carbocycles. The summed E-state index contributed by atoms with van der Waals surface area (Å²) in [5.41, 5.74) is 4.77. The van der Waals surface area contributed by atoms with E-state index in [-0.39, 0.29) is 5.91 Å². The van der Waals surface area contributed by atoms with E-state index in [1.807, 2.05) is 30.0 Å². The van der Waals surface area contributed by atoms with Gasteiger partial charge in [0.2, 0.25) is 0 Å². The fraction of sp³-hybridized carbons (Fsp3) is 0.421. The first-order valence-corrected chi connectivity index (χ1v) is 9.06. The van der Waals surface area contributed by atoms with Gasteiger partial charge in [-0.2, -0.15) is 5.10 Å². The molecule has 0 unspecified atom stereocenters. The molecule has 136 valence electrons. The molecule has 7 nitrogen and oxygen atoms in total. The number of carbonyl (C=O) groups excluding carboxylic acids is 1. The van der Waals surface area contributed by atoms with Crippen LogP contribution in [0.15, 0.2) is 30.6 Å². The van der Waals surface area contributed by atoms with E-state index in [4.69, 9.17) is 0 Å². The number of aromatic amines is 1. The SMILES string of the molecule is Cc1cc(C)n(CCN2CCN(C(=O)c3ccc4nc[nH]c4c3)CC2)n1. The summed E-state index contributed by atoms with van der Waals surface area (Å²) in [5.74, 6) is 0.0969. The predicted octanol–water partition coefficient (Wildman–Crippen LogP) is 1.83. The highest BCUT2D eigenvalue weighted by molar-refractivity contribution is 5.97. The van der Waals surface area contributed by atoms with E-state index in [9.17, 15) is 4.79 Å². The Labute approximate surface area is 152 Å². The van der Waals surface area contributed by atoms with E-state index in [2.05, 4.69) is 37.6 Å². The lowest BCUT2D eigenvalue weighted by molar-refractivity contribution is 0.0632. The van der Waals surface area contributed by atoms with Gasteiger partial charge in [0.25, 0.3) is 5.91 Å². The summed E-state index contributed by atoms with van der Waals surface area (Å²) in [5, 5.41) is 4.52. The van der Waals surface area contributed by atoms with Crippen LogP contribution in [0.25, 0.3) is 11.0 Å². The maximum atomic E-state index is 12.8. The third-order valence-electron chi connectivity index (χ3n) is 5.06. The Kier molecular flexibility index (Phi) is 4.46. The van der Waals surface area contributed by atoms with Gasteiger partial charge in [0.15, 0.2) is 0 Å². The molecule has 1 saturated heterocycles. The molecular weight excluding hydrogens is 328 g/mol. The number of rotatable bonds is 4. The Morgan fingerprint density at radius 2 is 1.92 bits per heavy atom. The standard InChI is InChI=1S/C19H24N6O/c1-14-11-15(2)25(22-14)10-7-23-5-8-24(9-6-23)19(26)16-3-4-17-18(12-16)21-13-20-17/h3-4,11-13H,5-10H2,1-2H3,(H,20,21). The Hall–Kier alpha value is -2.67. The summed E-state index contributed by atoms with van der Waals surface area (Å²) in [4.78, 5) is 24.4. The first-order valence-electron chi connectivity index (χ1n) is 9.06. The van der Waals surface area contributed by atoms with Crippen LogP contribution < -0.4 is 0 Å². The maximum absolute atomic E-state index is 12.8. The zero-order valence-electron chi connectivity index (χ0n) is 15.3. The quantitative estimate of drug-likeness (QED) is 0.778. The summed E-state index contributed by atoms with van der Waals surface area (Å²) in [6.45, 7) is 9.29. The van der Waals surface area contributed by atoms with Crippen molar-refractivity contribution in [3.05, 3.63) is 47.5 Å². The van der Waals surface area contributed by atoms with Crippen molar-refractivity contribution >= 4 is 16.9 Å². The molecule has 1 N–H and O–H groups in total. The fourth-order valence-corrected chi connectivity index (χ4v) is 3.56. The second-order valence-corrected chi connectivity index (χ2v) is 6.92. The number of piperazine rings is 1. The highest BCUT2D eigenvalue weighted by atomic mass is 16.2. The molecule has 0 aliphatic carbocycles. The molecule has 7 heteroatoms. The number of fused-ring (bicyclic) bond motifs is 1. The minimum Gasteiger partial charge on any atom is -0.345 e. The molecule has 0 atom stereocenters. The Morgan fingerprint density at radius 1 is 1.12 bits per heavy atom. The van der Waals surface area contributed by atoms with Crippen molar-refractivity contribution < 1.29 is 4.79 Å². The average molecular weight is 352 g/mol. The van der Waals surface area contributed by atoms with Crippen molar-refractivity contribution in [1.29, 1.82) is 0 Å². The molecule has 0 radical (unpaired) electrons. The van der Waals surface area contributed by atoms with E-state index in [0.717, 1.165) is 61.6 Å². The monoisotopic (exact) mass is 352 g/mol. The molecule has 0 bridgehead atoms. The maximum Gasteiger partial charge on any atom is 0.254 e. The summed E-state index contributed by atoms with van der Waals surface area (Å²) >= 11 is 0. The normalized spacial score (nSPS) is 15.7. The number of imidazole rings is 1. The predicted molar refractivity (Wildman–Crippen MR) is 100 cm³/mol. The van der Waals surface area contributed by atoms with Gasteiger partial charge in [-0.1, -0.05) is 0 Å². The third-order valence-corrected chi connectivity index (χ3v) is 5.06. The van der Waals surface area contributed by atoms with Gasteiger partial charge in [0.05, 0.1) is 29.6 Å². The van der Waals surface area contributed by atoms with Gasteiger partial charge in [0.1, 0.15) is 0 Å². The molecule has 4 rings (SSSR count). The molecule has 0 spiro atoms. The Bertz CT molecular complexity index is 919. The molecule has 3 aromatic rings. The highest BCUT2D eigenvalue weighted by Crippen LogP contribution is 2.15. The number of aryl methyl sites for hydroxylation is 2. The molecule has 0 saturated carbocycles. The number of amides is 1. The van der Waals surface area contributed by atoms with Gasteiger partial charge in [0, 0.05) is 44.0 Å². The highest BCUT2D eigenvalue weighted by Gasteiger charge is 2.22. The van der Waals surface area contributed by atoms with Gasteiger partial charge in [-0.3, -0.25) is 14.4 Å². The van der Waals surface area contributed by atoms with E-state index < -0.39 is 0 Å². The Morgan fingerprint density at radius 3 is 2.65 bits per heavy atom. The van der Waals surface area contributed by atoms with Crippen molar-refractivity contribution in [2.45, 2.75) is 20.4 Å². The van der Waals surface area contributed by atoms with E-state index in [0.29, 0.717) is 0 Å². The molecule has 1 fully saturated rings. The van der Waals surface area contributed by atoms with Gasteiger partial charge >= 0.3 is 0 Å². The molecule has 1 amide bonds. The van der Waals surface area contributed by atoms with E-state index >= 15 is 0 Å². The fourth-order valence-electron chi connectivity index (χ4n) is 3.56. The molecule has 2 aromatic heterocycles. The number of carbonyl (C=O) groups is 1. The lowest BCUT2D eigenvalue weighted by Gasteiger charge is -2.34. The number of nitrogens with one attached hydrogen (secondary N) is 1. The van der Waals surface area contributed by atoms with Crippen LogP contribution in [0, 0.1) is 13.8 Å². The van der Waals surface area contributed by atoms with Crippen LogP contribution in [0.1, 0.15) is 21.7 Å². The van der Waals surface area contributed by atoms with Crippen LogP contribution in [-0.2, 0) is 6.54 Å². The number of aromatic nitrogens is 4. The molecule has 1 aliphatic rings. The van der Waals surface area contributed by atoms with Crippen molar-refractivity contribution in [3.8, 4) is 0 Å². The molecule has 3 heterocycles. The molecule has 26 heavy (non-hydrogen) atoms. The first kappa shape index (κ1) is 16.8. The topological polar surface area (TPSA) is 70.1 Å². The summed E-state index contributed by atoms with van der Waals surface area (Å²) in [6.07, 6.45) is 1.65. The van der Waals surface area contributed by atoms with Crippen molar-refractivity contribution in [2.75, 3.05) is 32.7 Å². The van der Waals surface area contributed by atoms with E-state index in [1.54, 1.807) is 6.33 Å². The number of hydrogen-bond donors (Lipinski definition) is 1. The van der Waals surface area contributed by atoms with Crippen LogP contribution in [0.3, 0.4) is 0 Å². The summed E-state index contributed by atoms with van der Waals surface area (Å²) in [6, 6.07) is 7.75. The van der Waals surface area contributed by atoms with Gasteiger partial charge in [-0.05, 0) is 38.1 Å². The average Bonchev–Trinajstić information content (AvgIpc) is 3.24. The number of H-pyrrole nitrogens is 1. The molecule has 1 aliphatic heterocycles. The smallest absolute Gasteiger partial charge is 0.254 e. The lowest BCUT2D eigenvalue weighted by Crippen LogP contribution is -2.49. The summed E-state index contributed by atoms with van der Waals surface area (Å²) in [7, 11) is 0. The number of benzene rings is 1. The van der Waals surface area contributed by atoms with Crippen LogP contribution in [0.2, 0.25) is 0 Å². The van der Waals surface area contributed by atoms with E-state index in [1.165, 1.54) is 5.69 Å².